The smallest absolute Gasteiger partial charge is 0.306 e. The first-order valence-corrected chi connectivity index (χ1v) is 37.8. The zero-order valence-corrected chi connectivity index (χ0v) is 56.5. The molecule has 0 amide bonds. The second-order valence-corrected chi connectivity index (χ2v) is 25.9. The molecule has 0 aliphatic heterocycles. The van der Waals surface area contributed by atoms with Gasteiger partial charge in [0, 0.05) is 19.3 Å². The van der Waals surface area contributed by atoms with E-state index in [0.29, 0.717) is 19.3 Å². The molecule has 6 nitrogen and oxygen atoms in total. The topological polar surface area (TPSA) is 78.9 Å². The summed E-state index contributed by atoms with van der Waals surface area (Å²) < 4.78 is 17.0. The summed E-state index contributed by atoms with van der Waals surface area (Å²) in [4.78, 5) is 38.5. The molecule has 490 valence electrons. The third-order valence-corrected chi connectivity index (χ3v) is 17.4. The maximum atomic E-state index is 12.9. The van der Waals surface area contributed by atoms with Crippen LogP contribution in [0.4, 0.5) is 0 Å². The molecule has 0 saturated heterocycles. The highest BCUT2D eigenvalue weighted by Gasteiger charge is 2.20. The highest BCUT2D eigenvalue weighted by molar-refractivity contribution is 5.71. The van der Waals surface area contributed by atoms with Crippen LogP contribution in [0.25, 0.3) is 0 Å². The van der Waals surface area contributed by atoms with E-state index in [1.165, 1.54) is 327 Å². The van der Waals surface area contributed by atoms with Crippen molar-refractivity contribution in [2.24, 2.45) is 0 Å². The third kappa shape index (κ3) is 70.5. The molecule has 0 N–H and O–H groups in total. The molecule has 6 heteroatoms. The van der Waals surface area contributed by atoms with Crippen molar-refractivity contribution in [3.05, 3.63) is 24.3 Å². The van der Waals surface area contributed by atoms with Crippen LogP contribution in [0.2, 0.25) is 0 Å². The van der Waals surface area contributed by atoms with Crippen LogP contribution in [0, 0.1) is 0 Å². The molecule has 0 heterocycles. The van der Waals surface area contributed by atoms with Gasteiger partial charge in [0.25, 0.3) is 0 Å². The fourth-order valence-electron chi connectivity index (χ4n) is 11.7. The number of carbonyl (C=O) groups is 3. The van der Waals surface area contributed by atoms with E-state index in [0.717, 1.165) is 64.2 Å². The quantitative estimate of drug-likeness (QED) is 0.0261. The van der Waals surface area contributed by atoms with Crippen LogP contribution >= 0.6 is 0 Å². The standard InChI is InChI=1S/C77H146O6/c1-4-7-10-13-16-19-22-25-28-31-32-33-34-35-36-37-38-39-40-41-42-43-44-45-46-47-50-52-55-58-61-64-67-70-76(79)82-73-74(83-77(80)71-68-65-62-59-56-53-49-30-27-24-21-18-15-12-9-6-3)72-81-75(78)69-66-63-60-57-54-51-48-29-26-23-20-17-14-11-8-5-2/h30-32,49,74H,4-29,33-48,50-73H2,1-3H3/b32-31-,49-30-. The van der Waals surface area contributed by atoms with Gasteiger partial charge in [-0.3, -0.25) is 14.4 Å². The molecule has 83 heavy (non-hydrogen) atoms. The molecular weight excluding hydrogens is 1020 g/mol. The number of esters is 3. The minimum atomic E-state index is -0.772. The monoisotopic (exact) mass is 1170 g/mol. The molecule has 0 spiro atoms. The Labute approximate surface area is 519 Å². The summed E-state index contributed by atoms with van der Waals surface area (Å²) in [7, 11) is 0. The van der Waals surface area contributed by atoms with Crippen molar-refractivity contribution in [3.8, 4) is 0 Å². The second kappa shape index (κ2) is 72.4. The lowest BCUT2D eigenvalue weighted by Gasteiger charge is -2.18. The Morgan fingerprint density at radius 3 is 0.602 bits per heavy atom. The molecular formula is C77H146O6. The van der Waals surface area contributed by atoms with Crippen LogP contribution in [0.3, 0.4) is 0 Å². The minimum Gasteiger partial charge on any atom is -0.462 e. The molecule has 0 aliphatic carbocycles. The first-order chi connectivity index (χ1) is 41.0. The Morgan fingerprint density at radius 1 is 0.229 bits per heavy atom. The molecule has 0 aromatic rings. The maximum Gasteiger partial charge on any atom is 0.306 e. The van der Waals surface area contributed by atoms with Crippen molar-refractivity contribution in [2.45, 2.75) is 438 Å². The van der Waals surface area contributed by atoms with Crippen molar-refractivity contribution in [1.82, 2.24) is 0 Å². The zero-order chi connectivity index (χ0) is 59.9. The molecule has 0 aliphatic rings. The summed E-state index contributed by atoms with van der Waals surface area (Å²) in [6, 6.07) is 0. The number of ether oxygens (including phenoxy) is 3. The molecule has 0 aromatic carbocycles. The van der Waals surface area contributed by atoms with Gasteiger partial charge in [0.05, 0.1) is 0 Å². The highest BCUT2D eigenvalue weighted by atomic mass is 16.6. The first kappa shape index (κ1) is 80.9. The lowest BCUT2D eigenvalue weighted by molar-refractivity contribution is -0.167. The molecule has 0 bridgehead atoms. The minimum absolute atomic E-state index is 0.0677. The summed E-state index contributed by atoms with van der Waals surface area (Å²) in [5, 5.41) is 0. The molecule has 0 rings (SSSR count). The lowest BCUT2D eigenvalue weighted by Crippen LogP contribution is -2.30. The van der Waals surface area contributed by atoms with Gasteiger partial charge in [0.2, 0.25) is 0 Å². The Bertz CT molecular complexity index is 1340. The van der Waals surface area contributed by atoms with Gasteiger partial charge in [-0.1, -0.05) is 366 Å². The van der Waals surface area contributed by atoms with E-state index < -0.39 is 6.10 Å². The molecule has 1 atom stereocenters. The normalized spacial score (nSPS) is 12.1. The van der Waals surface area contributed by atoms with Crippen LogP contribution < -0.4 is 0 Å². The summed E-state index contributed by atoms with van der Waals surface area (Å²) in [5.41, 5.74) is 0. The largest absolute Gasteiger partial charge is 0.462 e. The van der Waals surface area contributed by atoms with Crippen molar-refractivity contribution >= 4 is 17.9 Å². The zero-order valence-electron chi connectivity index (χ0n) is 56.5. The van der Waals surface area contributed by atoms with Crippen LogP contribution in [0.1, 0.15) is 432 Å². The molecule has 0 saturated carbocycles. The summed E-state index contributed by atoms with van der Waals surface area (Å²) in [5.74, 6) is -0.841. The van der Waals surface area contributed by atoms with Crippen molar-refractivity contribution in [1.29, 1.82) is 0 Å². The number of hydrogen-bond donors (Lipinski definition) is 0. The van der Waals surface area contributed by atoms with Crippen LogP contribution in [0.15, 0.2) is 24.3 Å². The second-order valence-electron chi connectivity index (χ2n) is 25.9. The van der Waals surface area contributed by atoms with Gasteiger partial charge in [-0.15, -0.1) is 0 Å². The predicted octanol–water partition coefficient (Wildman–Crippen LogP) is 26.1. The van der Waals surface area contributed by atoms with Crippen molar-refractivity contribution < 1.29 is 28.6 Å². The van der Waals surface area contributed by atoms with Crippen LogP contribution in [-0.2, 0) is 28.6 Å². The number of unbranched alkanes of at least 4 members (excludes halogenated alkanes) is 56. The molecule has 1 unspecified atom stereocenters. The average molecular weight is 1170 g/mol. The van der Waals surface area contributed by atoms with E-state index in [9.17, 15) is 14.4 Å². The van der Waals surface area contributed by atoms with Gasteiger partial charge in [0.1, 0.15) is 13.2 Å². The fraction of sp³-hybridized carbons (Fsp3) is 0.909. The summed E-state index contributed by atoms with van der Waals surface area (Å²) in [6.07, 6.45) is 89.5. The highest BCUT2D eigenvalue weighted by Crippen LogP contribution is 2.19. The number of hydrogen-bond acceptors (Lipinski definition) is 6. The van der Waals surface area contributed by atoms with Crippen LogP contribution in [0.5, 0.6) is 0 Å². The molecule has 0 fully saturated rings. The van der Waals surface area contributed by atoms with Gasteiger partial charge in [-0.25, -0.2) is 0 Å². The van der Waals surface area contributed by atoms with E-state index >= 15 is 0 Å². The number of carbonyl (C=O) groups excluding carboxylic acids is 3. The van der Waals surface area contributed by atoms with Gasteiger partial charge >= 0.3 is 17.9 Å². The fourth-order valence-corrected chi connectivity index (χ4v) is 11.7. The summed E-state index contributed by atoms with van der Waals surface area (Å²) in [6.45, 7) is 6.72. The van der Waals surface area contributed by atoms with Crippen molar-refractivity contribution in [2.75, 3.05) is 13.2 Å². The van der Waals surface area contributed by atoms with E-state index in [4.69, 9.17) is 14.2 Å². The lowest BCUT2D eigenvalue weighted by atomic mass is 10.0. The van der Waals surface area contributed by atoms with Crippen LogP contribution in [-0.4, -0.2) is 37.2 Å². The van der Waals surface area contributed by atoms with Gasteiger partial charge in [-0.05, 0) is 70.6 Å². The van der Waals surface area contributed by atoms with E-state index in [1.807, 2.05) is 0 Å². The maximum absolute atomic E-state index is 12.9. The van der Waals surface area contributed by atoms with E-state index in [-0.39, 0.29) is 31.1 Å². The Kier molecular flexibility index (Phi) is 70.5. The Balaban J connectivity index is 4.12. The van der Waals surface area contributed by atoms with E-state index in [2.05, 4.69) is 45.1 Å². The average Bonchev–Trinajstić information content (AvgIpc) is 3.50. The first-order valence-electron chi connectivity index (χ1n) is 37.8. The Morgan fingerprint density at radius 2 is 0.398 bits per heavy atom. The van der Waals surface area contributed by atoms with Gasteiger partial charge < -0.3 is 14.2 Å². The van der Waals surface area contributed by atoms with Crippen molar-refractivity contribution in [3.63, 3.8) is 0 Å². The summed E-state index contributed by atoms with van der Waals surface area (Å²) >= 11 is 0. The number of allylic oxidation sites excluding steroid dienone is 4. The molecule has 0 aromatic heterocycles. The predicted molar refractivity (Wildman–Crippen MR) is 363 cm³/mol. The molecule has 0 radical (unpaired) electrons. The van der Waals surface area contributed by atoms with Gasteiger partial charge in [-0.2, -0.15) is 0 Å². The third-order valence-electron chi connectivity index (χ3n) is 17.4. The SMILES string of the molecule is CCCCCCCCC/C=C\CCCCCCCC(=O)OC(COC(=O)CCCCCCCCCCCCCCCCCC)COC(=O)CCCCCCCCCCCCCCCCCCCCCCC/C=C\CCCCCCCCCC. The Hall–Kier alpha value is -2.11. The number of rotatable bonds is 71. The van der Waals surface area contributed by atoms with E-state index in [1.54, 1.807) is 0 Å². The van der Waals surface area contributed by atoms with Gasteiger partial charge in [0.15, 0.2) is 6.10 Å².